The Morgan fingerprint density at radius 3 is 3.00 bits per heavy atom. The number of nitrogens with one attached hydrogen (secondary N) is 1. The van der Waals surface area contributed by atoms with Crippen molar-refractivity contribution < 1.29 is 9.59 Å². The fourth-order valence-electron chi connectivity index (χ4n) is 3.36. The maximum atomic E-state index is 12.2. The van der Waals surface area contributed by atoms with Gasteiger partial charge in [-0.3, -0.25) is 9.59 Å². The zero-order chi connectivity index (χ0) is 12.5. The lowest BCUT2D eigenvalue weighted by molar-refractivity contribution is -0.130. The number of carbonyl (C=O) groups is 2. The molecular formula is C14H20N2O2. The third kappa shape index (κ3) is 2.28. The number of piperidine rings is 1. The molecule has 0 unspecified atom stereocenters. The number of rotatable bonds is 2. The highest BCUT2D eigenvalue weighted by molar-refractivity contribution is 5.80. The van der Waals surface area contributed by atoms with Crippen molar-refractivity contribution in [1.82, 2.24) is 10.2 Å². The van der Waals surface area contributed by atoms with Gasteiger partial charge < -0.3 is 10.2 Å². The highest BCUT2D eigenvalue weighted by Gasteiger charge is 2.38. The maximum Gasteiger partial charge on any atom is 0.226 e. The molecule has 0 bridgehead atoms. The van der Waals surface area contributed by atoms with Crippen LogP contribution in [0.25, 0.3) is 0 Å². The van der Waals surface area contributed by atoms with E-state index < -0.39 is 0 Å². The molecule has 0 aromatic carbocycles. The van der Waals surface area contributed by atoms with Crippen LogP contribution in [0, 0.1) is 11.8 Å². The monoisotopic (exact) mass is 248 g/mol. The fourth-order valence-corrected chi connectivity index (χ4v) is 3.36. The van der Waals surface area contributed by atoms with Crippen molar-refractivity contribution in [1.29, 1.82) is 0 Å². The van der Waals surface area contributed by atoms with Gasteiger partial charge in [-0.15, -0.1) is 0 Å². The lowest BCUT2D eigenvalue weighted by Gasteiger charge is -2.23. The molecule has 2 atom stereocenters. The number of allylic oxidation sites excluding steroid dienone is 1. The second kappa shape index (κ2) is 4.75. The number of hydrogen-bond acceptors (Lipinski definition) is 2. The summed E-state index contributed by atoms with van der Waals surface area (Å²) >= 11 is 0. The summed E-state index contributed by atoms with van der Waals surface area (Å²) in [7, 11) is 0. The van der Waals surface area contributed by atoms with Crippen LogP contribution in [0.5, 0.6) is 0 Å². The van der Waals surface area contributed by atoms with Crippen LogP contribution in [0.15, 0.2) is 11.6 Å². The molecule has 1 aliphatic carbocycles. The van der Waals surface area contributed by atoms with Gasteiger partial charge >= 0.3 is 0 Å². The van der Waals surface area contributed by atoms with Gasteiger partial charge in [0.1, 0.15) is 0 Å². The van der Waals surface area contributed by atoms with Crippen molar-refractivity contribution in [2.75, 3.05) is 19.6 Å². The van der Waals surface area contributed by atoms with E-state index in [-0.39, 0.29) is 11.8 Å². The lowest BCUT2D eigenvalue weighted by Crippen LogP contribution is -2.40. The predicted octanol–water partition coefficient (Wildman–Crippen LogP) is 1.08. The van der Waals surface area contributed by atoms with Gasteiger partial charge in [-0.05, 0) is 31.1 Å². The highest BCUT2D eigenvalue weighted by atomic mass is 16.2. The van der Waals surface area contributed by atoms with Crippen LogP contribution in [0.4, 0.5) is 0 Å². The van der Waals surface area contributed by atoms with E-state index in [1.54, 1.807) is 0 Å². The van der Waals surface area contributed by atoms with Crippen molar-refractivity contribution in [2.45, 2.75) is 32.1 Å². The molecule has 0 spiro atoms. The molecule has 0 saturated carbocycles. The minimum atomic E-state index is 0.143. The molecule has 0 aromatic rings. The van der Waals surface area contributed by atoms with E-state index in [4.69, 9.17) is 0 Å². The predicted molar refractivity (Wildman–Crippen MR) is 67.7 cm³/mol. The lowest BCUT2D eigenvalue weighted by atomic mass is 9.89. The van der Waals surface area contributed by atoms with Gasteiger partial charge in [0.05, 0.1) is 0 Å². The second-order valence-electron chi connectivity index (χ2n) is 5.76. The Bertz CT molecular complexity index is 403. The van der Waals surface area contributed by atoms with Gasteiger partial charge in [0.15, 0.2) is 0 Å². The highest BCUT2D eigenvalue weighted by Crippen LogP contribution is 2.30. The van der Waals surface area contributed by atoms with Crippen molar-refractivity contribution in [3.63, 3.8) is 0 Å². The summed E-state index contributed by atoms with van der Waals surface area (Å²) in [6.45, 7) is 2.36. The van der Waals surface area contributed by atoms with E-state index >= 15 is 0 Å². The molecule has 98 valence electrons. The molecule has 18 heavy (non-hydrogen) atoms. The van der Waals surface area contributed by atoms with Crippen LogP contribution >= 0.6 is 0 Å². The van der Waals surface area contributed by atoms with E-state index in [0.717, 1.165) is 32.5 Å². The smallest absolute Gasteiger partial charge is 0.226 e. The van der Waals surface area contributed by atoms with E-state index in [1.807, 2.05) is 4.90 Å². The van der Waals surface area contributed by atoms with Crippen molar-refractivity contribution in [2.24, 2.45) is 11.8 Å². The SMILES string of the molecule is O=C1C[C@@H]2CN(C(=O)CC3=CCCC3)C[C@@H]2CN1. The molecule has 4 heteroatoms. The summed E-state index contributed by atoms with van der Waals surface area (Å²) in [5, 5.41) is 2.90. The number of hydrogen-bond donors (Lipinski definition) is 1. The Kier molecular flexibility index (Phi) is 3.10. The largest absolute Gasteiger partial charge is 0.356 e. The second-order valence-corrected chi connectivity index (χ2v) is 5.76. The number of amides is 2. The van der Waals surface area contributed by atoms with E-state index in [9.17, 15) is 9.59 Å². The number of fused-ring (bicyclic) bond motifs is 1. The molecule has 2 aliphatic heterocycles. The third-order valence-electron chi connectivity index (χ3n) is 4.45. The van der Waals surface area contributed by atoms with Crippen molar-refractivity contribution in [3.05, 3.63) is 11.6 Å². The molecule has 2 saturated heterocycles. The standard InChI is InChI=1S/C14H20N2O2/c17-13-6-11-8-16(9-12(11)7-15-13)14(18)5-10-3-1-2-4-10/h3,11-12H,1-2,4-9H2,(H,15,17)/t11-,12+/m1/s1. The van der Waals surface area contributed by atoms with Gasteiger partial charge in [0.2, 0.25) is 11.8 Å². The number of likely N-dealkylation sites (tertiary alicyclic amines) is 1. The van der Waals surface area contributed by atoms with Gasteiger partial charge in [-0.1, -0.05) is 11.6 Å². The van der Waals surface area contributed by atoms with Crippen LogP contribution in [0.1, 0.15) is 32.1 Å². The van der Waals surface area contributed by atoms with Crippen LogP contribution in [-0.4, -0.2) is 36.3 Å². The Labute approximate surface area is 107 Å². The van der Waals surface area contributed by atoms with Gasteiger partial charge in [-0.25, -0.2) is 0 Å². The molecule has 0 aromatic heterocycles. The first kappa shape index (κ1) is 11.8. The van der Waals surface area contributed by atoms with E-state index in [2.05, 4.69) is 11.4 Å². The topological polar surface area (TPSA) is 49.4 Å². The average Bonchev–Trinajstić information content (AvgIpc) is 2.96. The maximum absolute atomic E-state index is 12.2. The van der Waals surface area contributed by atoms with Gasteiger partial charge in [-0.2, -0.15) is 0 Å². The normalized spacial score (nSPS) is 31.0. The minimum Gasteiger partial charge on any atom is -0.356 e. The van der Waals surface area contributed by atoms with Crippen LogP contribution in [-0.2, 0) is 9.59 Å². The Morgan fingerprint density at radius 1 is 1.39 bits per heavy atom. The third-order valence-corrected chi connectivity index (χ3v) is 4.45. The molecule has 3 rings (SSSR count). The molecule has 3 aliphatic rings. The minimum absolute atomic E-state index is 0.143. The molecule has 4 nitrogen and oxygen atoms in total. The first-order chi connectivity index (χ1) is 8.72. The number of nitrogens with zero attached hydrogens (tertiary/aromatic N) is 1. The number of carbonyl (C=O) groups excluding carboxylic acids is 2. The molecule has 1 N–H and O–H groups in total. The first-order valence-electron chi connectivity index (χ1n) is 6.95. The summed E-state index contributed by atoms with van der Waals surface area (Å²) < 4.78 is 0. The van der Waals surface area contributed by atoms with Gasteiger partial charge in [0.25, 0.3) is 0 Å². The summed E-state index contributed by atoms with van der Waals surface area (Å²) in [6.07, 6.45) is 6.83. The molecule has 2 heterocycles. The fraction of sp³-hybridized carbons (Fsp3) is 0.714. The van der Waals surface area contributed by atoms with E-state index in [1.165, 1.54) is 12.0 Å². The Hall–Kier alpha value is -1.32. The zero-order valence-electron chi connectivity index (χ0n) is 10.7. The average molecular weight is 248 g/mol. The van der Waals surface area contributed by atoms with Crippen molar-refractivity contribution in [3.8, 4) is 0 Å². The van der Waals surface area contributed by atoms with Crippen LogP contribution < -0.4 is 5.32 Å². The summed E-state index contributed by atoms with van der Waals surface area (Å²) in [6, 6.07) is 0. The summed E-state index contributed by atoms with van der Waals surface area (Å²) in [4.78, 5) is 25.5. The summed E-state index contributed by atoms with van der Waals surface area (Å²) in [5.41, 5.74) is 1.31. The Balaban J connectivity index is 1.57. The van der Waals surface area contributed by atoms with Gasteiger partial charge in [0, 0.05) is 32.5 Å². The molecule has 0 radical (unpaired) electrons. The van der Waals surface area contributed by atoms with Crippen LogP contribution in [0.2, 0.25) is 0 Å². The zero-order valence-corrected chi connectivity index (χ0v) is 10.7. The van der Waals surface area contributed by atoms with Crippen molar-refractivity contribution >= 4 is 11.8 Å². The van der Waals surface area contributed by atoms with Crippen LogP contribution in [0.3, 0.4) is 0 Å². The quantitative estimate of drug-likeness (QED) is 0.743. The molecule has 2 amide bonds. The summed E-state index contributed by atoms with van der Waals surface area (Å²) in [5.74, 6) is 1.26. The molecule has 2 fully saturated rings. The molecular weight excluding hydrogens is 228 g/mol. The Morgan fingerprint density at radius 2 is 2.22 bits per heavy atom. The first-order valence-corrected chi connectivity index (χ1v) is 6.95. The van der Waals surface area contributed by atoms with E-state index in [0.29, 0.717) is 24.7 Å².